The number of nitrogens with two attached hydrogens (primary N) is 1. The van der Waals surface area contributed by atoms with Crippen molar-refractivity contribution in [3.63, 3.8) is 0 Å². The lowest BCUT2D eigenvalue weighted by atomic mass is 9.84. The van der Waals surface area contributed by atoms with Gasteiger partial charge in [0, 0.05) is 24.2 Å². The number of piperidine rings is 1. The van der Waals surface area contributed by atoms with E-state index in [2.05, 4.69) is 5.32 Å². The van der Waals surface area contributed by atoms with Gasteiger partial charge in [0.05, 0.1) is 33.9 Å². The van der Waals surface area contributed by atoms with Gasteiger partial charge in [-0.15, -0.1) is 0 Å². The van der Waals surface area contributed by atoms with Gasteiger partial charge in [0.25, 0.3) is 5.91 Å². The minimum Gasteiger partial charge on any atom is -0.493 e. The van der Waals surface area contributed by atoms with Crippen LogP contribution in [0.2, 0.25) is 0 Å². The first-order chi connectivity index (χ1) is 22.0. The highest BCUT2D eigenvalue weighted by molar-refractivity contribution is 6.38. The smallest absolute Gasteiger partial charge is 0.329 e. The second-order valence-electron chi connectivity index (χ2n) is 12.1. The van der Waals surface area contributed by atoms with Crippen molar-refractivity contribution in [3.05, 3.63) is 53.6 Å². The number of hydrogen-bond donors (Lipinski definition) is 2. The summed E-state index contributed by atoms with van der Waals surface area (Å²) in [6.45, 7) is 6.68. The van der Waals surface area contributed by atoms with Crippen molar-refractivity contribution < 1.29 is 38.1 Å². The van der Waals surface area contributed by atoms with Gasteiger partial charge in [-0.25, -0.2) is 4.79 Å². The van der Waals surface area contributed by atoms with E-state index in [9.17, 15) is 19.2 Å². The van der Waals surface area contributed by atoms with E-state index in [0.29, 0.717) is 74.6 Å². The molecule has 2 aromatic rings. The van der Waals surface area contributed by atoms with Crippen LogP contribution >= 0.6 is 0 Å². The topological polar surface area (TPSA) is 146 Å². The van der Waals surface area contributed by atoms with Crippen molar-refractivity contribution >= 4 is 29.3 Å². The summed E-state index contributed by atoms with van der Waals surface area (Å²) >= 11 is 0. The number of esters is 1. The first-order valence-electron chi connectivity index (χ1n) is 16.0. The van der Waals surface area contributed by atoms with Crippen molar-refractivity contribution in [2.75, 3.05) is 45.8 Å². The Kier molecular flexibility index (Phi) is 14.0. The average Bonchev–Trinajstić information content (AvgIpc) is 3.07. The fourth-order valence-electron chi connectivity index (χ4n) is 5.24. The summed E-state index contributed by atoms with van der Waals surface area (Å²) in [7, 11) is 3.14. The lowest BCUT2D eigenvalue weighted by Crippen LogP contribution is -2.53. The highest BCUT2D eigenvalue weighted by Crippen LogP contribution is 2.32. The van der Waals surface area contributed by atoms with E-state index in [1.807, 2.05) is 31.2 Å². The Morgan fingerprint density at radius 3 is 2.48 bits per heavy atom. The maximum atomic E-state index is 13.8. The van der Waals surface area contributed by atoms with Crippen molar-refractivity contribution in [1.82, 2.24) is 4.90 Å². The predicted molar refractivity (Wildman–Crippen MR) is 175 cm³/mol. The Hall–Kier alpha value is -3.96. The largest absolute Gasteiger partial charge is 0.493 e. The fourth-order valence-corrected chi connectivity index (χ4v) is 5.24. The summed E-state index contributed by atoms with van der Waals surface area (Å²) in [4.78, 5) is 54.1. The Bertz CT molecular complexity index is 1340. The van der Waals surface area contributed by atoms with Crippen molar-refractivity contribution in [3.8, 4) is 11.5 Å². The lowest BCUT2D eigenvalue weighted by Gasteiger charge is -2.36. The van der Waals surface area contributed by atoms with Gasteiger partial charge < -0.3 is 34.9 Å². The normalized spacial score (nSPS) is 15.5. The van der Waals surface area contributed by atoms with Crippen LogP contribution in [0.5, 0.6) is 11.5 Å². The third-order valence-corrected chi connectivity index (χ3v) is 8.41. The number of amides is 2. The van der Waals surface area contributed by atoms with E-state index in [0.717, 1.165) is 12.0 Å². The molecule has 0 saturated carbocycles. The molecule has 11 heteroatoms. The average molecular weight is 640 g/mol. The number of nitrogens with zero attached hydrogens (tertiary/aromatic N) is 1. The van der Waals surface area contributed by atoms with Crippen LogP contribution in [0, 0.1) is 5.41 Å². The van der Waals surface area contributed by atoms with Crippen LogP contribution in [0.25, 0.3) is 0 Å². The zero-order valence-electron chi connectivity index (χ0n) is 27.8. The van der Waals surface area contributed by atoms with E-state index in [-0.39, 0.29) is 18.9 Å². The molecule has 2 aromatic carbocycles. The summed E-state index contributed by atoms with van der Waals surface area (Å²) in [5.74, 6) is -0.728. The summed E-state index contributed by atoms with van der Waals surface area (Å²) < 4.78 is 22.3. The molecule has 3 rings (SSSR count). The molecule has 0 aromatic heterocycles. The number of carbonyl (C=O) groups is 4. The summed E-state index contributed by atoms with van der Waals surface area (Å²) in [6.07, 6.45) is 2.77. The van der Waals surface area contributed by atoms with Gasteiger partial charge in [0.1, 0.15) is 12.1 Å². The molecule has 0 radical (unpaired) electrons. The first kappa shape index (κ1) is 36.5. The van der Waals surface area contributed by atoms with Crippen LogP contribution in [-0.2, 0) is 35.1 Å². The molecule has 1 aliphatic rings. The number of ether oxygens (including phenoxy) is 4. The molecule has 252 valence electrons. The summed E-state index contributed by atoms with van der Waals surface area (Å²) in [6, 6.07) is 11.9. The molecule has 1 saturated heterocycles. The standard InChI is InChI=1S/C35H49N3O8/c1-6-35(2,3)32(40)33(41)38-19-8-7-12-27(38)34(42)46-28(15-13-24-14-16-29(43-4)30(22-24)44-5)25-10-9-11-26(23-25)37-31(39)17-20-45-21-18-36/h9-11,14,16,22-23,27-28H,6-8,12-13,15,17-21,36H2,1-5H3,(H,37,39)/t27-,28+/m0/s1. The molecule has 1 aliphatic heterocycles. The van der Waals surface area contributed by atoms with Crippen LogP contribution in [0.3, 0.4) is 0 Å². The molecule has 2 amide bonds. The molecule has 2 atom stereocenters. The van der Waals surface area contributed by atoms with Crippen molar-refractivity contribution in [1.29, 1.82) is 0 Å². The number of nitrogens with one attached hydrogen (secondary N) is 1. The second kappa shape index (κ2) is 17.7. The number of ketones is 1. The van der Waals surface area contributed by atoms with Crippen LogP contribution in [0.15, 0.2) is 42.5 Å². The zero-order valence-corrected chi connectivity index (χ0v) is 27.8. The van der Waals surface area contributed by atoms with Crippen molar-refractivity contribution in [2.24, 2.45) is 11.1 Å². The Balaban J connectivity index is 1.85. The van der Waals surface area contributed by atoms with Gasteiger partial charge in [-0.2, -0.15) is 0 Å². The van der Waals surface area contributed by atoms with E-state index in [1.54, 1.807) is 46.3 Å². The Morgan fingerprint density at radius 1 is 1.02 bits per heavy atom. The molecule has 3 N–H and O–H groups in total. The quantitative estimate of drug-likeness (QED) is 0.144. The molecule has 0 bridgehead atoms. The molecule has 46 heavy (non-hydrogen) atoms. The number of hydrogen-bond acceptors (Lipinski definition) is 9. The van der Waals surface area contributed by atoms with Crippen LogP contribution in [0.1, 0.15) is 76.5 Å². The number of likely N-dealkylation sites (tertiary alicyclic amines) is 1. The number of aryl methyl sites for hydroxylation is 1. The van der Waals surface area contributed by atoms with Gasteiger partial charge in [0.2, 0.25) is 11.7 Å². The monoisotopic (exact) mass is 639 g/mol. The predicted octanol–water partition coefficient (Wildman–Crippen LogP) is 4.61. The number of methoxy groups -OCH3 is 2. The molecule has 1 fully saturated rings. The minimum atomic E-state index is -0.863. The summed E-state index contributed by atoms with van der Waals surface area (Å²) in [5, 5.41) is 2.87. The lowest BCUT2D eigenvalue weighted by molar-refractivity contribution is -0.164. The van der Waals surface area contributed by atoms with Gasteiger partial charge in [-0.3, -0.25) is 14.4 Å². The fraction of sp³-hybridized carbons (Fsp3) is 0.543. The number of carbonyl (C=O) groups excluding carboxylic acids is 4. The number of benzene rings is 2. The minimum absolute atomic E-state index is 0.168. The second-order valence-corrected chi connectivity index (χ2v) is 12.1. The van der Waals surface area contributed by atoms with E-state index in [1.165, 1.54) is 4.90 Å². The molecular formula is C35H49N3O8. The van der Waals surface area contributed by atoms with Gasteiger partial charge in [0.15, 0.2) is 11.5 Å². The molecule has 0 aliphatic carbocycles. The first-order valence-corrected chi connectivity index (χ1v) is 16.0. The van der Waals surface area contributed by atoms with E-state index < -0.39 is 35.2 Å². The molecule has 11 nitrogen and oxygen atoms in total. The number of anilines is 1. The SMILES string of the molecule is CCC(C)(C)C(=O)C(=O)N1CCCC[C@H]1C(=O)O[C@H](CCc1ccc(OC)c(OC)c1)c1cccc(NC(=O)CCOCCN)c1. The van der Waals surface area contributed by atoms with Crippen LogP contribution in [0.4, 0.5) is 5.69 Å². The zero-order chi connectivity index (χ0) is 33.7. The third kappa shape index (κ3) is 10.0. The van der Waals surface area contributed by atoms with Gasteiger partial charge >= 0.3 is 5.97 Å². The van der Waals surface area contributed by atoms with Gasteiger partial charge in [-0.1, -0.05) is 39.0 Å². The molecule has 0 unspecified atom stereocenters. The highest BCUT2D eigenvalue weighted by Gasteiger charge is 2.41. The molecule has 0 spiro atoms. The maximum absolute atomic E-state index is 13.8. The molecule has 1 heterocycles. The van der Waals surface area contributed by atoms with Crippen LogP contribution < -0.4 is 20.5 Å². The van der Waals surface area contributed by atoms with Crippen LogP contribution in [-0.4, -0.2) is 75.0 Å². The Morgan fingerprint density at radius 2 is 1.78 bits per heavy atom. The van der Waals surface area contributed by atoms with Gasteiger partial charge in [-0.05, 0) is 73.9 Å². The highest BCUT2D eigenvalue weighted by atomic mass is 16.5. The van der Waals surface area contributed by atoms with E-state index >= 15 is 0 Å². The maximum Gasteiger partial charge on any atom is 0.329 e. The summed E-state index contributed by atoms with van der Waals surface area (Å²) in [5.41, 5.74) is 6.79. The van der Waals surface area contributed by atoms with Crippen molar-refractivity contribution in [2.45, 2.75) is 77.9 Å². The van der Waals surface area contributed by atoms with E-state index in [4.69, 9.17) is 24.7 Å². The number of rotatable bonds is 17. The third-order valence-electron chi connectivity index (χ3n) is 8.41. The number of Topliss-reactive ketones (excluding diaryl/α,β-unsaturated/α-hetero) is 1. The molecular weight excluding hydrogens is 590 g/mol. The Labute approximate surface area is 272 Å².